The van der Waals surface area contributed by atoms with E-state index in [2.05, 4.69) is 20.1 Å². The molecular weight excluding hydrogens is 629 g/mol. The maximum atomic E-state index is 12.7. The number of hydrogen-bond donors (Lipinski definition) is 2. The Bertz CT molecular complexity index is 1800. The zero-order chi connectivity index (χ0) is 29.9. The maximum absolute atomic E-state index is 12.7. The number of thiazole rings is 1. The molecule has 2 aromatic carbocycles. The molecule has 0 radical (unpaired) electrons. The van der Waals surface area contributed by atoms with Crippen LogP contribution in [0.1, 0.15) is 73.0 Å². The van der Waals surface area contributed by atoms with Crippen molar-refractivity contribution in [1.82, 2.24) is 20.2 Å². The van der Waals surface area contributed by atoms with Gasteiger partial charge < -0.3 is 14.7 Å². The van der Waals surface area contributed by atoms with Gasteiger partial charge in [0.15, 0.2) is 5.13 Å². The third kappa shape index (κ3) is 5.66. The first-order valence-electron chi connectivity index (χ1n) is 14.5. The molecule has 2 saturated carbocycles. The van der Waals surface area contributed by atoms with Gasteiger partial charge in [0.2, 0.25) is 10.0 Å². The van der Waals surface area contributed by atoms with Crippen LogP contribution in [0.15, 0.2) is 40.9 Å². The van der Waals surface area contributed by atoms with E-state index < -0.39 is 20.7 Å². The number of amides is 1. The number of sulfonamides is 1. The standard InChI is InChI=1S/C30H31Cl2N5O4S2/c1-30(11-12-30)43(39,40)36-28(38)18-7-8-23-24(15-18)42-29(34-23)37-13-9-19(10-14-37)33-16-20-26(35-41-27(20)17-5-6-17)25-21(31)3-2-4-22(25)32/h2-4,7-8,15,17,19,33H,5-6,9-14,16H2,1H3,(H,36,38). The average Bonchev–Trinajstić information content (AvgIpc) is 3.89. The van der Waals surface area contributed by atoms with E-state index in [9.17, 15) is 13.2 Å². The van der Waals surface area contributed by atoms with E-state index in [0.29, 0.717) is 58.2 Å². The summed E-state index contributed by atoms with van der Waals surface area (Å²) in [6.07, 6.45) is 5.21. The topological polar surface area (TPSA) is 117 Å². The van der Waals surface area contributed by atoms with Crippen molar-refractivity contribution in [1.29, 1.82) is 0 Å². The molecule has 1 amide bonds. The van der Waals surface area contributed by atoms with Gasteiger partial charge in [-0.3, -0.25) is 4.79 Å². The molecule has 2 N–H and O–H groups in total. The van der Waals surface area contributed by atoms with Crippen LogP contribution in [0.2, 0.25) is 10.0 Å². The number of nitrogens with one attached hydrogen (secondary N) is 2. The smallest absolute Gasteiger partial charge is 0.264 e. The number of carbonyl (C=O) groups excluding carboxylic acids is 1. The zero-order valence-electron chi connectivity index (χ0n) is 23.5. The number of rotatable bonds is 9. The van der Waals surface area contributed by atoms with E-state index in [-0.39, 0.29) is 0 Å². The Hall–Kier alpha value is -2.70. The molecule has 0 unspecified atom stereocenters. The summed E-state index contributed by atoms with van der Waals surface area (Å²) in [5.41, 5.74) is 3.56. The number of carbonyl (C=O) groups is 1. The van der Waals surface area contributed by atoms with Crippen LogP contribution in [-0.4, -0.2) is 48.3 Å². The molecule has 0 spiro atoms. The Labute approximate surface area is 264 Å². The van der Waals surface area contributed by atoms with Crippen molar-refractivity contribution < 1.29 is 17.7 Å². The lowest BCUT2D eigenvalue weighted by atomic mass is 10.0. The second-order valence-electron chi connectivity index (χ2n) is 12.0. The summed E-state index contributed by atoms with van der Waals surface area (Å²) in [5.74, 6) is 0.727. The van der Waals surface area contributed by atoms with E-state index in [1.165, 1.54) is 11.3 Å². The normalized spacial score (nSPS) is 18.7. The van der Waals surface area contributed by atoms with Crippen molar-refractivity contribution in [3.05, 3.63) is 63.3 Å². The lowest BCUT2D eigenvalue weighted by Crippen LogP contribution is -2.42. The zero-order valence-corrected chi connectivity index (χ0v) is 26.7. The van der Waals surface area contributed by atoms with Gasteiger partial charge >= 0.3 is 0 Å². The molecule has 9 nitrogen and oxygen atoms in total. The molecule has 43 heavy (non-hydrogen) atoms. The van der Waals surface area contributed by atoms with Crippen molar-refractivity contribution in [2.75, 3.05) is 18.0 Å². The number of fused-ring (bicyclic) bond motifs is 1. The molecule has 3 fully saturated rings. The van der Waals surface area contributed by atoms with Crippen LogP contribution in [0.5, 0.6) is 0 Å². The first-order chi connectivity index (χ1) is 20.6. The first-order valence-corrected chi connectivity index (χ1v) is 17.6. The fourth-order valence-electron chi connectivity index (χ4n) is 5.54. The van der Waals surface area contributed by atoms with E-state index in [1.807, 2.05) is 18.2 Å². The summed E-state index contributed by atoms with van der Waals surface area (Å²) in [4.78, 5) is 19.8. The molecule has 1 aliphatic heterocycles. The summed E-state index contributed by atoms with van der Waals surface area (Å²) >= 11 is 14.6. The maximum Gasteiger partial charge on any atom is 0.264 e. The molecule has 0 bridgehead atoms. The quantitative estimate of drug-likeness (QED) is 0.209. The number of hydrogen-bond acceptors (Lipinski definition) is 9. The van der Waals surface area contributed by atoms with Crippen molar-refractivity contribution in [3.63, 3.8) is 0 Å². The van der Waals surface area contributed by atoms with Gasteiger partial charge in [0.05, 0.1) is 25.0 Å². The van der Waals surface area contributed by atoms with Gasteiger partial charge in [0.1, 0.15) is 11.5 Å². The summed E-state index contributed by atoms with van der Waals surface area (Å²) in [6, 6.07) is 10.9. The van der Waals surface area contributed by atoms with Crippen LogP contribution in [0.4, 0.5) is 5.13 Å². The number of aromatic nitrogens is 2. The highest BCUT2D eigenvalue weighted by Gasteiger charge is 2.50. The minimum absolute atomic E-state index is 0.313. The average molecular weight is 661 g/mol. The summed E-state index contributed by atoms with van der Waals surface area (Å²) in [6.45, 7) is 3.96. The summed E-state index contributed by atoms with van der Waals surface area (Å²) < 4.78 is 33.1. The molecule has 2 aromatic heterocycles. The Morgan fingerprint density at radius 3 is 2.51 bits per heavy atom. The second-order valence-corrected chi connectivity index (χ2v) is 16.0. The van der Waals surface area contributed by atoms with Crippen molar-refractivity contribution in [2.24, 2.45) is 0 Å². The van der Waals surface area contributed by atoms with Gasteiger partial charge in [0.25, 0.3) is 5.91 Å². The fraction of sp³-hybridized carbons (Fsp3) is 0.433. The Morgan fingerprint density at radius 1 is 1.12 bits per heavy atom. The van der Waals surface area contributed by atoms with Crippen molar-refractivity contribution in [2.45, 2.75) is 68.7 Å². The van der Waals surface area contributed by atoms with Gasteiger partial charge in [0, 0.05) is 48.3 Å². The third-order valence-corrected chi connectivity index (χ3v) is 12.6. The minimum atomic E-state index is -3.69. The minimum Gasteiger partial charge on any atom is -0.360 e. The molecule has 226 valence electrons. The molecule has 3 aliphatic rings. The lowest BCUT2D eigenvalue weighted by molar-refractivity contribution is 0.0981. The second kappa shape index (κ2) is 11.0. The van der Waals surface area contributed by atoms with Gasteiger partial charge in [-0.2, -0.15) is 0 Å². The molecule has 1 saturated heterocycles. The van der Waals surface area contributed by atoms with Crippen LogP contribution in [0, 0.1) is 0 Å². The lowest BCUT2D eigenvalue weighted by Gasteiger charge is -2.32. The molecule has 3 heterocycles. The first kappa shape index (κ1) is 29.0. The van der Waals surface area contributed by atoms with E-state index in [0.717, 1.165) is 65.4 Å². The van der Waals surface area contributed by atoms with Gasteiger partial charge in [-0.1, -0.05) is 45.8 Å². The summed E-state index contributed by atoms with van der Waals surface area (Å²) in [7, 11) is -3.69. The number of anilines is 1. The number of halogens is 2. The number of benzene rings is 2. The molecule has 0 atom stereocenters. The van der Waals surface area contributed by atoms with Crippen LogP contribution in [0.3, 0.4) is 0 Å². The van der Waals surface area contributed by atoms with Crippen LogP contribution >= 0.6 is 34.5 Å². The largest absolute Gasteiger partial charge is 0.360 e. The Kier molecular flexibility index (Phi) is 7.45. The SMILES string of the molecule is CC1(S(=O)(=O)NC(=O)c2ccc3nc(N4CCC(NCc5c(-c6c(Cl)cccc6Cl)noc5C5CC5)CC4)sc3c2)CC1. The molecule has 2 aliphatic carbocycles. The van der Waals surface area contributed by atoms with Crippen LogP contribution in [0.25, 0.3) is 21.5 Å². The highest BCUT2D eigenvalue weighted by Crippen LogP contribution is 2.46. The van der Waals surface area contributed by atoms with Crippen molar-refractivity contribution in [3.8, 4) is 11.3 Å². The van der Waals surface area contributed by atoms with Crippen LogP contribution in [-0.2, 0) is 16.6 Å². The number of piperidine rings is 1. The highest BCUT2D eigenvalue weighted by molar-refractivity contribution is 7.91. The van der Waals surface area contributed by atoms with E-state index in [4.69, 9.17) is 32.7 Å². The Balaban J connectivity index is 1.00. The predicted molar refractivity (Wildman–Crippen MR) is 170 cm³/mol. The molecular formula is C30H31Cl2N5O4S2. The summed E-state index contributed by atoms with van der Waals surface area (Å²) in [5, 5.41) is 10.1. The monoisotopic (exact) mass is 659 g/mol. The predicted octanol–water partition coefficient (Wildman–Crippen LogP) is 6.51. The number of nitrogens with zero attached hydrogens (tertiary/aromatic N) is 3. The highest BCUT2D eigenvalue weighted by atomic mass is 35.5. The molecule has 7 rings (SSSR count). The van der Waals surface area contributed by atoms with E-state index >= 15 is 0 Å². The third-order valence-electron chi connectivity index (χ3n) is 8.77. The van der Waals surface area contributed by atoms with Crippen LogP contribution < -0.4 is 14.9 Å². The Morgan fingerprint density at radius 2 is 1.84 bits per heavy atom. The van der Waals surface area contributed by atoms with Crippen molar-refractivity contribution >= 4 is 65.8 Å². The van der Waals surface area contributed by atoms with Gasteiger partial charge in [-0.05, 0) is 75.8 Å². The molecule has 4 aromatic rings. The van der Waals surface area contributed by atoms with Gasteiger partial charge in [-0.15, -0.1) is 0 Å². The van der Waals surface area contributed by atoms with E-state index in [1.54, 1.807) is 25.1 Å². The molecule has 13 heteroatoms. The fourth-order valence-corrected chi connectivity index (χ4v) is 8.42. The van der Waals surface area contributed by atoms with Gasteiger partial charge in [-0.25, -0.2) is 18.1 Å².